The first-order chi connectivity index (χ1) is 32.2. The van der Waals surface area contributed by atoms with Gasteiger partial charge in [0, 0.05) is 53.4 Å². The minimum Gasteiger partial charge on any atom is -0.310 e. The van der Waals surface area contributed by atoms with E-state index >= 15 is 0 Å². The fourth-order valence-corrected chi connectivity index (χ4v) is 11.9. The van der Waals surface area contributed by atoms with Crippen LogP contribution < -0.4 is 4.90 Å². The van der Waals surface area contributed by atoms with Gasteiger partial charge in [0.1, 0.15) is 0 Å². The van der Waals surface area contributed by atoms with E-state index < -0.39 is 0 Å². The van der Waals surface area contributed by atoms with Crippen LogP contribution in [0.1, 0.15) is 0 Å². The monoisotopic (exact) mass is 842 g/mol. The van der Waals surface area contributed by atoms with Crippen LogP contribution in [-0.4, -0.2) is 4.57 Å². The number of para-hydroxylation sites is 1. The Morgan fingerprint density at radius 2 is 0.923 bits per heavy atom. The van der Waals surface area contributed by atoms with Crippen LogP contribution in [0.3, 0.4) is 0 Å². The first kappa shape index (κ1) is 36.3. The molecule has 2 heterocycles. The quantitative estimate of drug-likeness (QED) is 0.157. The minimum absolute atomic E-state index is 1.11. The van der Waals surface area contributed by atoms with Gasteiger partial charge in [0.15, 0.2) is 0 Å². The van der Waals surface area contributed by atoms with Gasteiger partial charge in [-0.25, -0.2) is 0 Å². The third-order valence-electron chi connectivity index (χ3n) is 13.7. The first-order valence-electron chi connectivity index (χ1n) is 22.3. The van der Waals surface area contributed by atoms with Crippen molar-refractivity contribution in [3.63, 3.8) is 0 Å². The second kappa shape index (κ2) is 14.1. The Kier molecular flexibility index (Phi) is 7.89. The van der Waals surface area contributed by atoms with Crippen molar-refractivity contribution >= 4 is 124 Å². The second-order valence-corrected chi connectivity index (χ2v) is 18.3. The molecule has 0 saturated heterocycles. The average molecular weight is 843 g/mol. The van der Waals surface area contributed by atoms with Crippen LogP contribution in [0.25, 0.3) is 113 Å². The van der Waals surface area contributed by atoms with Crippen LogP contribution in [0.15, 0.2) is 231 Å². The van der Waals surface area contributed by atoms with Crippen molar-refractivity contribution in [2.24, 2.45) is 0 Å². The van der Waals surface area contributed by atoms with Crippen LogP contribution in [0.5, 0.6) is 0 Å². The predicted octanol–water partition coefficient (Wildman–Crippen LogP) is 18.1. The highest BCUT2D eigenvalue weighted by molar-refractivity contribution is 7.26. The zero-order chi connectivity index (χ0) is 42.6. The molecule has 14 rings (SSSR count). The molecule has 0 aliphatic rings. The molecule has 2 nitrogen and oxygen atoms in total. The normalized spacial score (nSPS) is 12.0. The van der Waals surface area contributed by atoms with Gasteiger partial charge >= 0.3 is 0 Å². The van der Waals surface area contributed by atoms with Crippen LogP contribution in [-0.2, 0) is 0 Å². The van der Waals surface area contributed by atoms with Gasteiger partial charge in [-0.3, -0.25) is 0 Å². The molecule has 0 N–H and O–H groups in total. The molecule has 0 amide bonds. The Morgan fingerprint density at radius 3 is 1.77 bits per heavy atom. The maximum Gasteiger partial charge on any atom is 0.0542 e. The summed E-state index contributed by atoms with van der Waals surface area (Å²) in [5, 5.41) is 17.7. The van der Waals surface area contributed by atoms with Crippen molar-refractivity contribution in [2.45, 2.75) is 0 Å². The molecule has 0 unspecified atom stereocenters. The molecule has 14 aromatic rings. The molecule has 302 valence electrons. The largest absolute Gasteiger partial charge is 0.310 e. The summed E-state index contributed by atoms with van der Waals surface area (Å²) >= 11 is 1.88. The molecular weight excluding hydrogens is 805 g/mol. The standard InChI is InChI=1S/C62H38N2S/c1-2-12-39(13-3-1)47-32-34-58(53-19-9-8-18-50(47)53)63(43-25-30-48-42(36-43)23-29-51-46-16-6-4-14-40(46)22-28-52(48)51)44-27-33-59-56(37-44)54-20-10-11-21-57(54)64(59)45-26-31-55-61(38-45)65-60-35-24-41-15-5-7-17-49(41)62(55)60/h1-38H. The molecule has 65 heavy (non-hydrogen) atoms. The Labute approximate surface area is 379 Å². The van der Waals surface area contributed by atoms with E-state index in [0.717, 1.165) is 17.1 Å². The Hall–Kier alpha value is -8.24. The summed E-state index contributed by atoms with van der Waals surface area (Å²) in [5.41, 5.74) is 9.34. The summed E-state index contributed by atoms with van der Waals surface area (Å²) in [6.07, 6.45) is 0. The van der Waals surface area contributed by atoms with E-state index in [1.54, 1.807) is 0 Å². The molecule has 0 saturated carbocycles. The number of aromatic nitrogens is 1. The fraction of sp³-hybridized carbons (Fsp3) is 0. The molecule has 0 aliphatic heterocycles. The number of hydrogen-bond acceptors (Lipinski definition) is 2. The molecule has 0 bridgehead atoms. The topological polar surface area (TPSA) is 8.17 Å². The van der Waals surface area contributed by atoms with E-state index in [-0.39, 0.29) is 0 Å². The molecule has 0 spiro atoms. The predicted molar refractivity (Wildman–Crippen MR) is 281 cm³/mol. The smallest absolute Gasteiger partial charge is 0.0542 e. The van der Waals surface area contributed by atoms with Crippen molar-refractivity contribution in [3.8, 4) is 16.8 Å². The van der Waals surface area contributed by atoms with Crippen LogP contribution >= 0.6 is 11.3 Å². The Bertz CT molecular complexity index is 4250. The summed E-state index contributed by atoms with van der Waals surface area (Å²) in [5.74, 6) is 0. The number of hydrogen-bond donors (Lipinski definition) is 0. The number of nitrogens with zero attached hydrogens (tertiary/aromatic N) is 2. The maximum atomic E-state index is 2.47. The van der Waals surface area contributed by atoms with E-state index in [0.29, 0.717) is 0 Å². The molecule has 2 aromatic heterocycles. The SMILES string of the molecule is c1ccc(-c2ccc(N(c3ccc4c(ccc5c6ccccc6ccc45)c3)c3ccc4c(c3)c3ccccc3n4-c3ccc4c(c3)sc3ccc5ccccc5c34)c3ccccc23)cc1. The third kappa shape index (κ3) is 5.53. The van der Waals surface area contributed by atoms with Crippen molar-refractivity contribution in [1.82, 2.24) is 4.57 Å². The number of anilines is 3. The summed E-state index contributed by atoms with van der Waals surface area (Å²) in [4.78, 5) is 2.47. The van der Waals surface area contributed by atoms with Crippen LogP contribution in [0.4, 0.5) is 17.1 Å². The zero-order valence-corrected chi connectivity index (χ0v) is 36.1. The van der Waals surface area contributed by atoms with Crippen molar-refractivity contribution in [2.75, 3.05) is 4.90 Å². The van der Waals surface area contributed by atoms with E-state index in [2.05, 4.69) is 240 Å². The van der Waals surface area contributed by atoms with E-state index in [4.69, 9.17) is 0 Å². The van der Waals surface area contributed by atoms with Gasteiger partial charge in [-0.1, -0.05) is 170 Å². The van der Waals surface area contributed by atoms with Crippen LogP contribution in [0.2, 0.25) is 0 Å². The van der Waals surface area contributed by atoms with E-state index in [1.165, 1.54) is 113 Å². The number of rotatable bonds is 5. The third-order valence-corrected chi connectivity index (χ3v) is 14.8. The Morgan fingerprint density at radius 1 is 0.323 bits per heavy atom. The van der Waals surface area contributed by atoms with Gasteiger partial charge in [0.2, 0.25) is 0 Å². The van der Waals surface area contributed by atoms with Gasteiger partial charge in [-0.05, 0) is 120 Å². The fourth-order valence-electron chi connectivity index (χ4n) is 10.8. The highest BCUT2D eigenvalue weighted by Gasteiger charge is 2.21. The average Bonchev–Trinajstić information content (AvgIpc) is 3.92. The summed E-state index contributed by atoms with van der Waals surface area (Å²) in [6, 6.07) is 85.4. The zero-order valence-electron chi connectivity index (χ0n) is 35.2. The molecule has 0 radical (unpaired) electrons. The molecule has 12 aromatic carbocycles. The van der Waals surface area contributed by atoms with E-state index in [9.17, 15) is 0 Å². The lowest BCUT2D eigenvalue weighted by Gasteiger charge is -2.28. The molecule has 0 aliphatic carbocycles. The maximum absolute atomic E-state index is 2.47. The molecule has 3 heteroatoms. The Balaban J connectivity index is 0.986. The van der Waals surface area contributed by atoms with Gasteiger partial charge < -0.3 is 9.47 Å². The number of thiophene rings is 1. The van der Waals surface area contributed by atoms with Crippen molar-refractivity contribution in [3.05, 3.63) is 231 Å². The summed E-state index contributed by atoms with van der Waals surface area (Å²) in [7, 11) is 0. The molecule has 0 fully saturated rings. The van der Waals surface area contributed by atoms with Gasteiger partial charge in [0.25, 0.3) is 0 Å². The number of benzene rings is 12. The van der Waals surface area contributed by atoms with Gasteiger partial charge in [-0.15, -0.1) is 11.3 Å². The minimum atomic E-state index is 1.11. The van der Waals surface area contributed by atoms with Gasteiger partial charge in [-0.2, -0.15) is 0 Å². The van der Waals surface area contributed by atoms with Gasteiger partial charge in [0.05, 0.1) is 16.7 Å². The molecule has 0 atom stereocenters. The lowest BCUT2D eigenvalue weighted by Crippen LogP contribution is -2.10. The lowest BCUT2D eigenvalue weighted by molar-refractivity contribution is 1.19. The highest BCUT2D eigenvalue weighted by Crippen LogP contribution is 2.46. The molecular formula is C62H38N2S. The summed E-state index contributed by atoms with van der Waals surface area (Å²) < 4.78 is 5.07. The second-order valence-electron chi connectivity index (χ2n) is 17.2. The lowest BCUT2D eigenvalue weighted by atomic mass is 9.95. The number of fused-ring (bicyclic) bond motifs is 14. The highest BCUT2D eigenvalue weighted by atomic mass is 32.1. The van der Waals surface area contributed by atoms with Crippen molar-refractivity contribution in [1.29, 1.82) is 0 Å². The summed E-state index contributed by atoms with van der Waals surface area (Å²) in [6.45, 7) is 0. The van der Waals surface area contributed by atoms with Crippen molar-refractivity contribution < 1.29 is 0 Å². The van der Waals surface area contributed by atoms with E-state index in [1.807, 2.05) is 11.3 Å². The first-order valence-corrected chi connectivity index (χ1v) is 23.1. The van der Waals surface area contributed by atoms with Crippen LogP contribution in [0, 0.1) is 0 Å².